The van der Waals surface area contributed by atoms with Crippen molar-refractivity contribution in [3.05, 3.63) is 77.1 Å². The van der Waals surface area contributed by atoms with Crippen LogP contribution in [0.5, 0.6) is 11.5 Å². The number of aryl methyl sites for hydroxylation is 2. The molecule has 0 aliphatic carbocycles. The average Bonchev–Trinajstić information content (AvgIpc) is 3.74. The molecule has 0 spiro atoms. The number of fused-ring (bicyclic) bond motifs is 1. The Hall–Kier alpha value is -3.86. The molecule has 43 heavy (non-hydrogen) atoms. The first-order valence-corrected chi connectivity index (χ1v) is 15.0. The van der Waals surface area contributed by atoms with Crippen molar-refractivity contribution in [3.63, 3.8) is 0 Å². The van der Waals surface area contributed by atoms with E-state index in [9.17, 15) is 19.8 Å². The summed E-state index contributed by atoms with van der Waals surface area (Å²) in [6, 6.07) is 15.0. The number of carbonyl (C=O) groups excluding carboxylic acids is 1. The van der Waals surface area contributed by atoms with Gasteiger partial charge in [-0.1, -0.05) is 25.5 Å². The molecule has 2 aromatic carbocycles. The van der Waals surface area contributed by atoms with Crippen molar-refractivity contribution >= 4 is 17.6 Å². The zero-order valence-corrected chi connectivity index (χ0v) is 24.9. The fourth-order valence-corrected chi connectivity index (χ4v) is 6.50. The van der Waals surface area contributed by atoms with Gasteiger partial charge in [0, 0.05) is 61.8 Å². The topological polar surface area (TPSA) is 130 Å². The van der Waals surface area contributed by atoms with Gasteiger partial charge in [-0.25, -0.2) is 0 Å². The second-order valence-electron chi connectivity index (χ2n) is 11.5. The number of carbonyl (C=O) groups is 2. The summed E-state index contributed by atoms with van der Waals surface area (Å²) in [7, 11) is 1.98. The lowest BCUT2D eigenvalue weighted by Gasteiger charge is -2.30. The number of ether oxygens (including phenoxy) is 2. The second-order valence-corrected chi connectivity index (χ2v) is 11.5. The fourth-order valence-electron chi connectivity index (χ4n) is 6.50. The molecule has 0 unspecified atom stereocenters. The van der Waals surface area contributed by atoms with Crippen molar-refractivity contribution in [2.75, 3.05) is 31.3 Å². The number of hydrogen-bond donors (Lipinski definition) is 3. The van der Waals surface area contributed by atoms with Gasteiger partial charge < -0.3 is 34.9 Å². The van der Waals surface area contributed by atoms with Crippen LogP contribution in [0.15, 0.2) is 54.7 Å². The molecule has 230 valence electrons. The molecule has 3 atom stereocenters. The number of aromatic nitrogens is 1. The number of likely N-dealkylation sites (tertiary alicyclic amines) is 1. The van der Waals surface area contributed by atoms with Crippen molar-refractivity contribution in [1.82, 2.24) is 9.47 Å². The Morgan fingerprint density at radius 3 is 2.67 bits per heavy atom. The Morgan fingerprint density at radius 1 is 1.14 bits per heavy atom. The number of anilines is 1. The highest BCUT2D eigenvalue weighted by molar-refractivity contribution is 5.95. The number of aliphatic hydroxyl groups excluding tert-OH is 1. The number of aliphatic hydroxyl groups is 1. The molecular formula is C33H42N4O6. The molecule has 0 radical (unpaired) electrons. The summed E-state index contributed by atoms with van der Waals surface area (Å²) in [5.41, 5.74) is 10.1. The molecule has 1 amide bonds. The molecule has 1 fully saturated rings. The van der Waals surface area contributed by atoms with E-state index in [0.717, 1.165) is 35.3 Å². The Labute approximate surface area is 252 Å². The van der Waals surface area contributed by atoms with Crippen molar-refractivity contribution in [1.29, 1.82) is 0 Å². The number of nitrogens with two attached hydrogens (primary N) is 1. The molecule has 10 nitrogen and oxygen atoms in total. The largest absolute Gasteiger partial charge is 0.481 e. The molecule has 0 saturated carbocycles. The Kier molecular flexibility index (Phi) is 9.69. The normalized spacial score (nSPS) is 19.6. The van der Waals surface area contributed by atoms with Gasteiger partial charge in [-0.3, -0.25) is 14.5 Å². The first-order chi connectivity index (χ1) is 20.8. The van der Waals surface area contributed by atoms with Crippen molar-refractivity contribution in [2.24, 2.45) is 18.7 Å². The molecule has 1 saturated heterocycles. The molecule has 0 bridgehead atoms. The third-order valence-corrected chi connectivity index (χ3v) is 8.78. The van der Waals surface area contributed by atoms with Gasteiger partial charge in [-0.05, 0) is 66.8 Å². The van der Waals surface area contributed by atoms with Crippen LogP contribution in [0.2, 0.25) is 0 Å². The molecule has 10 heteroatoms. The van der Waals surface area contributed by atoms with Gasteiger partial charge in [0.1, 0.15) is 0 Å². The third-order valence-electron chi connectivity index (χ3n) is 8.78. The number of amides is 1. The quantitative estimate of drug-likeness (QED) is 0.275. The van der Waals surface area contributed by atoms with Gasteiger partial charge in [-0.15, -0.1) is 0 Å². The van der Waals surface area contributed by atoms with Crippen LogP contribution in [0.25, 0.3) is 0 Å². The van der Waals surface area contributed by atoms with Crippen molar-refractivity contribution < 1.29 is 29.3 Å². The van der Waals surface area contributed by atoms with Gasteiger partial charge in [-0.2, -0.15) is 0 Å². The predicted octanol–water partition coefficient (Wildman–Crippen LogP) is 3.64. The predicted molar refractivity (Wildman–Crippen MR) is 163 cm³/mol. The van der Waals surface area contributed by atoms with Gasteiger partial charge in [0.2, 0.25) is 12.7 Å². The summed E-state index contributed by atoms with van der Waals surface area (Å²) in [6.45, 7) is 3.31. The van der Waals surface area contributed by atoms with Crippen LogP contribution >= 0.6 is 0 Å². The van der Waals surface area contributed by atoms with Crippen LogP contribution in [0.3, 0.4) is 0 Å². The SMILES string of the molecule is CCCCN(C(=O)CN1C[C@H](c2cc(CO)c3c(c2)OCO3)[C@@H](C(=O)O)[C@@H]1CCc1cccn1C)c1cccc(CN)c1. The van der Waals surface area contributed by atoms with Crippen LogP contribution in [0.1, 0.15) is 54.5 Å². The van der Waals surface area contributed by atoms with Crippen molar-refractivity contribution in [2.45, 2.75) is 57.7 Å². The molecule has 4 N–H and O–H groups in total. The van der Waals surface area contributed by atoms with Crippen LogP contribution < -0.4 is 20.1 Å². The molecule has 1 aromatic heterocycles. The Morgan fingerprint density at radius 2 is 1.98 bits per heavy atom. The number of benzene rings is 2. The smallest absolute Gasteiger partial charge is 0.308 e. The lowest BCUT2D eigenvalue weighted by Crippen LogP contribution is -2.44. The number of aliphatic carboxylic acids is 1. The second kappa shape index (κ2) is 13.6. The Bertz CT molecular complexity index is 1440. The summed E-state index contributed by atoms with van der Waals surface area (Å²) in [5.74, 6) is -1.14. The molecule has 2 aliphatic rings. The molecule has 5 rings (SSSR count). The van der Waals surface area contributed by atoms with Crippen LogP contribution in [-0.2, 0) is 36.2 Å². The van der Waals surface area contributed by atoms with E-state index in [1.807, 2.05) is 76.1 Å². The zero-order chi connectivity index (χ0) is 30.5. The summed E-state index contributed by atoms with van der Waals surface area (Å²) in [6.07, 6.45) is 5.01. The molecule has 3 heterocycles. The zero-order valence-electron chi connectivity index (χ0n) is 24.9. The average molecular weight is 591 g/mol. The first kappa shape index (κ1) is 30.6. The van der Waals surface area contributed by atoms with E-state index in [1.54, 1.807) is 0 Å². The summed E-state index contributed by atoms with van der Waals surface area (Å²) in [5, 5.41) is 20.7. The van der Waals surface area contributed by atoms with Crippen molar-refractivity contribution in [3.8, 4) is 11.5 Å². The monoisotopic (exact) mass is 590 g/mol. The number of nitrogens with zero attached hydrogens (tertiary/aromatic N) is 3. The number of carboxylic acid groups (broad SMARTS) is 1. The number of hydrogen-bond acceptors (Lipinski definition) is 7. The van der Waals surface area contributed by atoms with E-state index in [-0.39, 0.29) is 31.9 Å². The van der Waals surface area contributed by atoms with E-state index in [2.05, 4.69) is 6.92 Å². The van der Waals surface area contributed by atoms with Gasteiger partial charge in [0.25, 0.3) is 0 Å². The highest BCUT2D eigenvalue weighted by atomic mass is 16.7. The minimum Gasteiger partial charge on any atom is -0.481 e. The minimum atomic E-state index is -0.904. The standard InChI is InChI=1S/C33H42N4O6/c1-3-4-13-37(26-8-5-7-22(14-26)17-34)30(39)19-36-18-27(23-15-24(20-38)32-29(16-23)42-21-43-32)31(33(40)41)28(36)11-10-25-9-6-12-35(25)2/h5-9,12,14-16,27-28,31,38H,3-4,10-11,13,17-21,34H2,1-2H3,(H,40,41)/t27-,28+,31-/m1/s1. The number of rotatable bonds is 13. The molecular weight excluding hydrogens is 548 g/mol. The number of carboxylic acids is 1. The highest BCUT2D eigenvalue weighted by Gasteiger charge is 2.47. The maximum absolute atomic E-state index is 14.0. The van der Waals surface area contributed by atoms with E-state index in [1.165, 1.54) is 0 Å². The maximum Gasteiger partial charge on any atom is 0.308 e. The lowest BCUT2D eigenvalue weighted by atomic mass is 9.83. The van der Waals surface area contributed by atoms with E-state index in [0.29, 0.717) is 49.5 Å². The van der Waals surface area contributed by atoms with Gasteiger partial charge in [0.05, 0.1) is 19.1 Å². The Balaban J connectivity index is 1.48. The molecule has 3 aromatic rings. The van der Waals surface area contributed by atoms with Gasteiger partial charge >= 0.3 is 5.97 Å². The summed E-state index contributed by atoms with van der Waals surface area (Å²) in [4.78, 5) is 30.9. The fraction of sp³-hybridized carbons (Fsp3) is 0.455. The van der Waals surface area contributed by atoms with E-state index in [4.69, 9.17) is 15.2 Å². The van der Waals surface area contributed by atoms with Crippen LogP contribution in [0, 0.1) is 5.92 Å². The van der Waals surface area contributed by atoms with E-state index >= 15 is 0 Å². The molecule has 2 aliphatic heterocycles. The minimum absolute atomic E-state index is 0.0533. The van der Waals surface area contributed by atoms with Gasteiger partial charge in [0.15, 0.2) is 11.5 Å². The highest BCUT2D eigenvalue weighted by Crippen LogP contribution is 2.44. The third kappa shape index (κ3) is 6.56. The first-order valence-electron chi connectivity index (χ1n) is 15.0. The van der Waals surface area contributed by atoms with E-state index < -0.39 is 17.8 Å². The maximum atomic E-state index is 14.0. The van der Waals surface area contributed by atoms with Crippen LogP contribution in [-0.4, -0.2) is 64.0 Å². The summed E-state index contributed by atoms with van der Waals surface area (Å²) >= 11 is 0. The lowest BCUT2D eigenvalue weighted by molar-refractivity contribution is -0.143. The van der Waals surface area contributed by atoms with Crippen LogP contribution in [0.4, 0.5) is 5.69 Å². The summed E-state index contributed by atoms with van der Waals surface area (Å²) < 4.78 is 13.2. The number of unbranched alkanes of at least 4 members (excludes halogenated alkanes) is 1.